The number of hydrogen-bond donors (Lipinski definition) is 1. The quantitative estimate of drug-likeness (QED) is 0.336. The predicted molar refractivity (Wildman–Crippen MR) is 127 cm³/mol. The third-order valence-electron chi connectivity index (χ3n) is 5.42. The Morgan fingerprint density at radius 3 is 2.39 bits per heavy atom. The van der Waals surface area contributed by atoms with E-state index in [1.807, 2.05) is 31.2 Å². The molecule has 0 radical (unpaired) electrons. The molecule has 0 saturated heterocycles. The highest BCUT2D eigenvalue weighted by Gasteiger charge is 2.23. The fourth-order valence-electron chi connectivity index (χ4n) is 3.54. The minimum atomic E-state index is -0.154. The summed E-state index contributed by atoms with van der Waals surface area (Å²) in [6.45, 7) is 12.6. The summed E-state index contributed by atoms with van der Waals surface area (Å²) in [4.78, 5) is 26.4. The number of thiophene rings is 1. The molecule has 0 atom stereocenters. The van der Waals surface area contributed by atoms with Crippen LogP contribution < -0.4 is 0 Å². The van der Waals surface area contributed by atoms with Crippen LogP contribution in [0.1, 0.15) is 86.5 Å². The van der Waals surface area contributed by atoms with Gasteiger partial charge in [0.15, 0.2) is 5.78 Å². The molecular formula is C26H36O4S. The summed E-state index contributed by atoms with van der Waals surface area (Å²) in [5.74, 6) is 0.294. The van der Waals surface area contributed by atoms with Gasteiger partial charge < -0.3 is 9.84 Å². The van der Waals surface area contributed by atoms with Gasteiger partial charge in [-0.15, -0.1) is 11.3 Å². The number of Topliss-reactive ketones (excluding diaryl/α,β-unsaturated/α-hetero) is 1. The molecular weight excluding hydrogens is 408 g/mol. The van der Waals surface area contributed by atoms with Crippen molar-refractivity contribution in [1.82, 2.24) is 0 Å². The summed E-state index contributed by atoms with van der Waals surface area (Å²) in [5, 5.41) is 10.1. The minimum absolute atomic E-state index is 0.135. The van der Waals surface area contributed by atoms with Crippen LogP contribution in [0.15, 0.2) is 30.3 Å². The molecule has 0 spiro atoms. The van der Waals surface area contributed by atoms with E-state index < -0.39 is 0 Å². The highest BCUT2D eigenvalue weighted by Crippen LogP contribution is 2.32. The van der Waals surface area contributed by atoms with Gasteiger partial charge in [-0.3, -0.25) is 9.59 Å². The Hall–Kier alpha value is -2.14. The zero-order valence-corrected chi connectivity index (χ0v) is 20.5. The highest BCUT2D eigenvalue weighted by atomic mass is 32.1. The van der Waals surface area contributed by atoms with Crippen molar-refractivity contribution < 1.29 is 19.4 Å². The normalized spacial score (nSPS) is 12.1. The van der Waals surface area contributed by atoms with Gasteiger partial charge in [0.05, 0.1) is 17.9 Å². The van der Waals surface area contributed by atoms with Crippen LogP contribution in [0.25, 0.3) is 0 Å². The standard InChI is InChI=1S/C26H36O4S/c1-7-30-24(29)17-26(5,6)15-14-19-10-13-23(31-19)22(28)12-9-18-8-11-21(27)20(16-18)25(2,3)4/h8,10-11,13,16,27H,7,9,12,14-15,17H2,1-6H3. The highest BCUT2D eigenvalue weighted by molar-refractivity contribution is 7.14. The molecule has 1 heterocycles. The maximum atomic E-state index is 12.7. The second-order valence-corrected chi connectivity index (χ2v) is 11.1. The third-order valence-corrected chi connectivity index (χ3v) is 6.61. The van der Waals surface area contributed by atoms with Crippen LogP contribution in [0, 0.1) is 5.41 Å². The molecule has 0 bridgehead atoms. The summed E-state index contributed by atoms with van der Waals surface area (Å²) in [5.41, 5.74) is 1.69. The van der Waals surface area contributed by atoms with Gasteiger partial charge in [0.25, 0.3) is 0 Å². The number of carbonyl (C=O) groups excluding carboxylic acids is 2. The van der Waals surface area contributed by atoms with Crippen molar-refractivity contribution in [3.63, 3.8) is 0 Å². The fourth-order valence-corrected chi connectivity index (χ4v) is 4.51. The zero-order valence-electron chi connectivity index (χ0n) is 19.7. The number of benzene rings is 1. The monoisotopic (exact) mass is 444 g/mol. The molecule has 2 aromatic rings. The van der Waals surface area contributed by atoms with E-state index in [-0.39, 0.29) is 22.6 Å². The molecule has 170 valence electrons. The molecule has 0 fully saturated rings. The molecule has 31 heavy (non-hydrogen) atoms. The Morgan fingerprint density at radius 2 is 1.74 bits per heavy atom. The molecule has 1 N–H and O–H groups in total. The first kappa shape index (κ1) is 25.1. The molecule has 0 unspecified atom stereocenters. The first-order valence-corrected chi connectivity index (χ1v) is 11.8. The lowest BCUT2D eigenvalue weighted by Gasteiger charge is -2.22. The van der Waals surface area contributed by atoms with Crippen molar-refractivity contribution in [3.05, 3.63) is 51.2 Å². The Balaban J connectivity index is 1.92. The number of aromatic hydroxyl groups is 1. The Morgan fingerprint density at radius 1 is 1.03 bits per heavy atom. The average Bonchev–Trinajstić information content (AvgIpc) is 3.13. The van der Waals surface area contributed by atoms with Gasteiger partial charge in [-0.25, -0.2) is 0 Å². The van der Waals surface area contributed by atoms with E-state index in [0.717, 1.165) is 28.8 Å². The third kappa shape index (κ3) is 7.80. The van der Waals surface area contributed by atoms with Crippen molar-refractivity contribution in [2.24, 2.45) is 5.41 Å². The van der Waals surface area contributed by atoms with Crippen molar-refractivity contribution >= 4 is 23.1 Å². The van der Waals surface area contributed by atoms with Crippen LogP contribution in [0.4, 0.5) is 0 Å². The number of ketones is 1. The second kappa shape index (κ2) is 10.4. The summed E-state index contributed by atoms with van der Waals surface area (Å²) in [6, 6.07) is 9.56. The number of hydrogen-bond acceptors (Lipinski definition) is 5. The van der Waals surface area contributed by atoms with Crippen molar-refractivity contribution in [1.29, 1.82) is 0 Å². The SMILES string of the molecule is CCOC(=O)CC(C)(C)CCc1ccc(C(=O)CCc2ccc(O)c(C(C)(C)C)c2)s1. The minimum Gasteiger partial charge on any atom is -0.508 e. The number of ether oxygens (including phenoxy) is 1. The molecule has 5 heteroatoms. The Labute approximate surface area is 190 Å². The first-order valence-electron chi connectivity index (χ1n) is 11.0. The molecule has 2 rings (SSSR count). The molecule has 1 aromatic heterocycles. The molecule has 0 amide bonds. The van der Waals surface area contributed by atoms with E-state index in [0.29, 0.717) is 31.6 Å². The second-order valence-electron chi connectivity index (χ2n) is 9.94. The molecule has 4 nitrogen and oxygen atoms in total. The largest absolute Gasteiger partial charge is 0.508 e. The number of aryl methyl sites for hydroxylation is 2. The maximum Gasteiger partial charge on any atom is 0.306 e. The van der Waals surface area contributed by atoms with Crippen molar-refractivity contribution in [2.45, 2.75) is 79.1 Å². The van der Waals surface area contributed by atoms with Gasteiger partial charge in [-0.2, -0.15) is 0 Å². The van der Waals surface area contributed by atoms with Crippen molar-refractivity contribution in [2.75, 3.05) is 6.61 Å². The topological polar surface area (TPSA) is 63.6 Å². The van der Waals surface area contributed by atoms with Crippen LogP contribution in [-0.4, -0.2) is 23.5 Å². The summed E-state index contributed by atoms with van der Waals surface area (Å²) < 4.78 is 5.07. The Bertz CT molecular complexity index is 902. The van der Waals surface area contributed by atoms with Crippen LogP contribution >= 0.6 is 11.3 Å². The van der Waals surface area contributed by atoms with Crippen LogP contribution in [0.3, 0.4) is 0 Å². The lowest BCUT2D eigenvalue weighted by molar-refractivity contribution is -0.145. The van der Waals surface area contributed by atoms with E-state index >= 15 is 0 Å². The van der Waals surface area contributed by atoms with E-state index in [2.05, 4.69) is 34.6 Å². The van der Waals surface area contributed by atoms with Gasteiger partial charge in [-0.1, -0.05) is 46.8 Å². The van der Waals surface area contributed by atoms with Crippen LogP contribution in [-0.2, 0) is 27.8 Å². The first-order chi connectivity index (χ1) is 14.4. The van der Waals surface area contributed by atoms with Gasteiger partial charge in [-0.05, 0) is 66.3 Å². The van der Waals surface area contributed by atoms with Crippen molar-refractivity contribution in [3.8, 4) is 5.75 Å². The number of phenolic OH excluding ortho intramolecular Hbond substituents is 1. The lowest BCUT2D eigenvalue weighted by Crippen LogP contribution is -2.19. The van der Waals surface area contributed by atoms with Gasteiger partial charge in [0.2, 0.25) is 0 Å². The van der Waals surface area contributed by atoms with E-state index in [9.17, 15) is 14.7 Å². The van der Waals surface area contributed by atoms with E-state index in [1.165, 1.54) is 4.88 Å². The van der Waals surface area contributed by atoms with Gasteiger partial charge in [0.1, 0.15) is 5.75 Å². The van der Waals surface area contributed by atoms with Crippen LogP contribution in [0.2, 0.25) is 0 Å². The zero-order chi connectivity index (χ0) is 23.2. The average molecular weight is 445 g/mol. The molecule has 0 saturated carbocycles. The fraction of sp³-hybridized carbons (Fsp3) is 0.538. The molecule has 0 aliphatic rings. The summed E-state index contributed by atoms with van der Waals surface area (Å²) in [7, 11) is 0. The Kier molecular flexibility index (Phi) is 8.47. The van der Waals surface area contributed by atoms with E-state index in [4.69, 9.17) is 4.74 Å². The maximum absolute atomic E-state index is 12.7. The van der Waals surface area contributed by atoms with Gasteiger partial charge >= 0.3 is 5.97 Å². The molecule has 0 aliphatic heterocycles. The summed E-state index contributed by atoms with van der Waals surface area (Å²) >= 11 is 1.55. The molecule has 0 aliphatic carbocycles. The number of carbonyl (C=O) groups is 2. The smallest absolute Gasteiger partial charge is 0.306 e. The van der Waals surface area contributed by atoms with E-state index in [1.54, 1.807) is 17.4 Å². The van der Waals surface area contributed by atoms with Crippen LogP contribution in [0.5, 0.6) is 5.75 Å². The molecule has 1 aromatic carbocycles. The van der Waals surface area contributed by atoms with Gasteiger partial charge in [0, 0.05) is 11.3 Å². The number of rotatable bonds is 10. The lowest BCUT2D eigenvalue weighted by atomic mass is 9.84. The predicted octanol–water partition coefficient (Wildman–Crippen LogP) is 6.48. The number of esters is 1. The number of phenols is 1. The summed E-state index contributed by atoms with van der Waals surface area (Å²) in [6.07, 6.45) is 3.21.